The van der Waals surface area contributed by atoms with Gasteiger partial charge in [0.05, 0.1) is 12.0 Å². The van der Waals surface area contributed by atoms with Gasteiger partial charge in [0, 0.05) is 25.7 Å². The van der Waals surface area contributed by atoms with Crippen molar-refractivity contribution in [3.05, 3.63) is 0 Å². The summed E-state index contributed by atoms with van der Waals surface area (Å²) >= 11 is 0. The number of likely N-dealkylation sites (N-methyl/N-ethyl adjacent to an activating group) is 2. The van der Waals surface area contributed by atoms with Crippen molar-refractivity contribution in [3.63, 3.8) is 0 Å². The van der Waals surface area contributed by atoms with E-state index in [1.165, 1.54) is 0 Å². The normalized spacial score (nSPS) is 26.7. The summed E-state index contributed by atoms with van der Waals surface area (Å²) in [7, 11) is 4.16. The van der Waals surface area contributed by atoms with Crippen LogP contribution in [0.4, 0.5) is 0 Å². The Labute approximate surface area is 105 Å². The van der Waals surface area contributed by atoms with Gasteiger partial charge < -0.3 is 14.4 Å². The molecule has 0 N–H and O–H groups in total. The molecule has 0 spiro atoms. The molecule has 0 bridgehead atoms. The number of carbonyl (C=O) groups excluding carboxylic acids is 1. The smallest absolute Gasteiger partial charge is 0.129 e. The van der Waals surface area contributed by atoms with E-state index in [2.05, 4.69) is 37.7 Å². The molecule has 4 nitrogen and oxygen atoms in total. The van der Waals surface area contributed by atoms with Crippen LogP contribution in [0.1, 0.15) is 20.3 Å². The van der Waals surface area contributed by atoms with Crippen LogP contribution in [0, 0.1) is 5.41 Å². The van der Waals surface area contributed by atoms with Gasteiger partial charge in [-0.15, -0.1) is 0 Å². The minimum absolute atomic E-state index is 0.267. The second-order valence-corrected chi connectivity index (χ2v) is 5.46. The van der Waals surface area contributed by atoms with Crippen LogP contribution in [0.5, 0.6) is 0 Å². The first-order valence-corrected chi connectivity index (χ1v) is 6.46. The van der Waals surface area contributed by atoms with Gasteiger partial charge in [0.25, 0.3) is 0 Å². The third-order valence-corrected chi connectivity index (χ3v) is 3.56. The third kappa shape index (κ3) is 4.05. The van der Waals surface area contributed by atoms with Gasteiger partial charge in [0.15, 0.2) is 0 Å². The van der Waals surface area contributed by atoms with Crippen molar-refractivity contribution in [3.8, 4) is 0 Å². The zero-order chi connectivity index (χ0) is 12.9. The van der Waals surface area contributed by atoms with Crippen molar-refractivity contribution >= 4 is 6.29 Å². The van der Waals surface area contributed by atoms with Crippen molar-refractivity contribution in [1.29, 1.82) is 0 Å². The summed E-state index contributed by atoms with van der Waals surface area (Å²) in [5.41, 5.74) is -0.267. The van der Waals surface area contributed by atoms with Gasteiger partial charge in [-0.1, -0.05) is 6.92 Å². The average Bonchev–Trinajstić information content (AvgIpc) is 2.74. The van der Waals surface area contributed by atoms with E-state index in [4.69, 9.17) is 4.74 Å². The number of carbonyl (C=O) groups is 1. The van der Waals surface area contributed by atoms with Crippen LogP contribution in [0.2, 0.25) is 0 Å². The fourth-order valence-electron chi connectivity index (χ4n) is 2.51. The largest absolute Gasteiger partial charge is 0.380 e. The highest BCUT2D eigenvalue weighted by atomic mass is 16.5. The number of ether oxygens (including phenoxy) is 1. The van der Waals surface area contributed by atoms with Crippen LogP contribution in [0.3, 0.4) is 0 Å². The maximum Gasteiger partial charge on any atom is 0.129 e. The van der Waals surface area contributed by atoms with E-state index in [0.717, 1.165) is 38.9 Å². The Bertz CT molecular complexity index is 238. The molecule has 1 saturated heterocycles. The highest BCUT2D eigenvalue weighted by molar-refractivity contribution is 5.60. The minimum atomic E-state index is -0.267. The number of hydrogen-bond acceptors (Lipinski definition) is 4. The number of nitrogens with zero attached hydrogens (tertiary/aromatic N) is 2. The van der Waals surface area contributed by atoms with Crippen LogP contribution >= 0.6 is 0 Å². The van der Waals surface area contributed by atoms with Crippen molar-refractivity contribution in [2.24, 2.45) is 5.41 Å². The van der Waals surface area contributed by atoms with Crippen molar-refractivity contribution in [2.45, 2.75) is 26.3 Å². The molecule has 1 fully saturated rings. The fourth-order valence-corrected chi connectivity index (χ4v) is 2.51. The number of hydrogen-bond donors (Lipinski definition) is 0. The van der Waals surface area contributed by atoms with E-state index >= 15 is 0 Å². The van der Waals surface area contributed by atoms with Crippen LogP contribution < -0.4 is 0 Å². The quantitative estimate of drug-likeness (QED) is 0.620. The van der Waals surface area contributed by atoms with E-state index < -0.39 is 0 Å². The van der Waals surface area contributed by atoms with Gasteiger partial charge in [-0.3, -0.25) is 4.90 Å². The summed E-state index contributed by atoms with van der Waals surface area (Å²) in [6.07, 6.45) is 1.97. The van der Waals surface area contributed by atoms with Crippen molar-refractivity contribution in [2.75, 3.05) is 46.9 Å². The first-order valence-electron chi connectivity index (χ1n) is 6.46. The Morgan fingerprint density at radius 2 is 2.18 bits per heavy atom. The number of aldehydes is 1. The van der Waals surface area contributed by atoms with Gasteiger partial charge in [-0.25, -0.2) is 0 Å². The predicted octanol–water partition coefficient (Wildman–Crippen LogP) is 0.864. The predicted molar refractivity (Wildman–Crippen MR) is 69.2 cm³/mol. The van der Waals surface area contributed by atoms with Gasteiger partial charge in [0.1, 0.15) is 6.29 Å². The monoisotopic (exact) mass is 242 g/mol. The van der Waals surface area contributed by atoms with E-state index in [9.17, 15) is 4.79 Å². The van der Waals surface area contributed by atoms with Crippen LogP contribution in [0.15, 0.2) is 0 Å². The Morgan fingerprint density at radius 1 is 1.47 bits per heavy atom. The molecule has 0 aromatic heterocycles. The minimum Gasteiger partial charge on any atom is -0.380 e. The van der Waals surface area contributed by atoms with Crippen LogP contribution in [0.25, 0.3) is 0 Å². The molecule has 2 unspecified atom stereocenters. The molecule has 1 heterocycles. The third-order valence-electron chi connectivity index (χ3n) is 3.56. The Morgan fingerprint density at radius 3 is 2.59 bits per heavy atom. The van der Waals surface area contributed by atoms with E-state index in [1.54, 1.807) is 0 Å². The molecule has 0 aliphatic carbocycles. The SMILES string of the molecule is CCN(CC1(C=O)CCOC1)C(C)CN(C)C. The summed E-state index contributed by atoms with van der Waals surface area (Å²) in [5.74, 6) is 0. The Balaban J connectivity index is 2.58. The molecule has 4 heteroatoms. The van der Waals surface area contributed by atoms with Crippen LogP contribution in [-0.2, 0) is 9.53 Å². The topological polar surface area (TPSA) is 32.8 Å². The Kier molecular flexibility index (Phi) is 5.56. The molecule has 1 aliphatic heterocycles. The highest BCUT2D eigenvalue weighted by Gasteiger charge is 2.37. The lowest BCUT2D eigenvalue weighted by molar-refractivity contribution is -0.117. The van der Waals surface area contributed by atoms with Gasteiger partial charge in [-0.2, -0.15) is 0 Å². The highest BCUT2D eigenvalue weighted by Crippen LogP contribution is 2.27. The summed E-state index contributed by atoms with van der Waals surface area (Å²) in [6.45, 7) is 8.49. The van der Waals surface area contributed by atoms with Crippen LogP contribution in [-0.4, -0.2) is 69.1 Å². The molecule has 0 radical (unpaired) electrons. The van der Waals surface area contributed by atoms with Gasteiger partial charge >= 0.3 is 0 Å². The zero-order valence-electron chi connectivity index (χ0n) is 11.6. The summed E-state index contributed by atoms with van der Waals surface area (Å²) < 4.78 is 5.39. The molecule has 1 aliphatic rings. The zero-order valence-corrected chi connectivity index (χ0v) is 11.6. The van der Waals surface area contributed by atoms with Crippen molar-refractivity contribution < 1.29 is 9.53 Å². The lowest BCUT2D eigenvalue weighted by Gasteiger charge is -2.35. The maximum atomic E-state index is 11.3. The number of rotatable bonds is 7. The maximum absolute atomic E-state index is 11.3. The molecule has 17 heavy (non-hydrogen) atoms. The van der Waals surface area contributed by atoms with Gasteiger partial charge in [0.2, 0.25) is 0 Å². The molecule has 0 aromatic carbocycles. The molecule has 0 saturated carbocycles. The first-order chi connectivity index (χ1) is 8.03. The van der Waals surface area contributed by atoms with Crippen molar-refractivity contribution in [1.82, 2.24) is 9.80 Å². The Hall–Kier alpha value is -0.450. The molecule has 0 aromatic rings. The second-order valence-electron chi connectivity index (χ2n) is 5.46. The summed E-state index contributed by atoms with van der Waals surface area (Å²) in [5, 5.41) is 0. The molecule has 1 rings (SSSR count). The molecular formula is C13H26N2O2. The van der Waals surface area contributed by atoms with E-state index in [1.807, 2.05) is 0 Å². The molecule has 100 valence electrons. The average molecular weight is 242 g/mol. The lowest BCUT2D eigenvalue weighted by Crippen LogP contribution is -2.47. The van der Waals surface area contributed by atoms with Gasteiger partial charge in [-0.05, 0) is 34.0 Å². The first kappa shape index (κ1) is 14.6. The van der Waals surface area contributed by atoms with E-state index in [0.29, 0.717) is 12.6 Å². The molecule has 2 atom stereocenters. The molecule has 0 amide bonds. The standard InChI is InChI=1S/C13H26N2O2/c1-5-15(12(2)8-14(3)4)9-13(10-16)6-7-17-11-13/h10,12H,5-9,11H2,1-4H3. The summed E-state index contributed by atoms with van der Waals surface area (Å²) in [4.78, 5) is 15.9. The summed E-state index contributed by atoms with van der Waals surface area (Å²) in [6, 6.07) is 0.465. The molecular weight excluding hydrogens is 216 g/mol. The fraction of sp³-hybridized carbons (Fsp3) is 0.923. The van der Waals surface area contributed by atoms with E-state index in [-0.39, 0.29) is 5.41 Å². The lowest BCUT2D eigenvalue weighted by atomic mass is 9.88. The second kappa shape index (κ2) is 6.47.